The number of amides is 3. The molecule has 4 heterocycles. The first-order chi connectivity index (χ1) is 20.0. The number of para-hydroxylation sites is 1. The van der Waals surface area contributed by atoms with Crippen molar-refractivity contribution in [3.05, 3.63) is 90.4 Å². The highest BCUT2D eigenvalue weighted by molar-refractivity contribution is 6.32. The van der Waals surface area contributed by atoms with Crippen molar-refractivity contribution in [2.24, 2.45) is 0 Å². The number of aromatic nitrogens is 4. The van der Waals surface area contributed by atoms with Gasteiger partial charge in [-0.05, 0) is 62.3 Å². The van der Waals surface area contributed by atoms with Crippen molar-refractivity contribution in [3.8, 4) is 0 Å². The molecular weight excluding hydrogens is 542 g/mol. The lowest BCUT2D eigenvalue weighted by molar-refractivity contribution is -0.111. The van der Waals surface area contributed by atoms with E-state index in [1.165, 1.54) is 11.0 Å². The number of rotatable bonds is 7. The molecule has 2 aliphatic heterocycles. The van der Waals surface area contributed by atoms with E-state index in [-0.39, 0.29) is 30.5 Å². The molecule has 2 aliphatic rings. The topological polar surface area (TPSA) is 120 Å². The minimum Gasteiger partial charge on any atom is -0.322 e. The van der Waals surface area contributed by atoms with Gasteiger partial charge >= 0.3 is 6.03 Å². The fourth-order valence-corrected chi connectivity index (χ4v) is 5.19. The van der Waals surface area contributed by atoms with Crippen molar-refractivity contribution in [3.63, 3.8) is 0 Å². The third kappa shape index (κ3) is 5.49. The Morgan fingerprint density at radius 2 is 1.88 bits per heavy atom. The second-order valence-corrected chi connectivity index (χ2v) is 10.1. The molecule has 0 bridgehead atoms. The van der Waals surface area contributed by atoms with Crippen LogP contribution >= 0.6 is 11.6 Å². The van der Waals surface area contributed by atoms with Crippen LogP contribution in [0.25, 0.3) is 0 Å². The SMILES string of the molecule is C=CC(=O)Nc1cccc(N2C(=O)N(c3ccccc3)Cc3cnc(Nc4cn(C5CCNCC5)nc4Cl)nc32)c1. The summed E-state index contributed by atoms with van der Waals surface area (Å²) < 4.78 is 1.89. The number of hydrogen-bond acceptors (Lipinski definition) is 7. The van der Waals surface area contributed by atoms with Gasteiger partial charge in [0.2, 0.25) is 11.9 Å². The maximum atomic E-state index is 14.0. The second kappa shape index (κ2) is 11.4. The first-order valence-corrected chi connectivity index (χ1v) is 13.7. The highest BCUT2D eigenvalue weighted by Crippen LogP contribution is 2.37. The first-order valence-electron chi connectivity index (χ1n) is 13.3. The van der Waals surface area contributed by atoms with Crippen molar-refractivity contribution in [2.75, 3.05) is 33.5 Å². The fourth-order valence-electron chi connectivity index (χ4n) is 5.00. The Morgan fingerprint density at radius 3 is 2.66 bits per heavy atom. The average molecular weight is 570 g/mol. The fraction of sp³-hybridized carbons (Fsp3) is 0.207. The zero-order valence-electron chi connectivity index (χ0n) is 22.1. The van der Waals surface area contributed by atoms with Gasteiger partial charge in [0.25, 0.3) is 0 Å². The number of benzene rings is 2. The molecule has 11 nitrogen and oxygen atoms in total. The molecule has 4 aromatic rings. The Bertz CT molecular complexity index is 1600. The molecule has 2 aromatic carbocycles. The van der Waals surface area contributed by atoms with Gasteiger partial charge < -0.3 is 16.0 Å². The number of nitrogens with one attached hydrogen (secondary N) is 3. The Balaban J connectivity index is 1.36. The van der Waals surface area contributed by atoms with Gasteiger partial charge in [-0.1, -0.05) is 42.4 Å². The van der Waals surface area contributed by atoms with Crippen LogP contribution < -0.4 is 25.8 Å². The van der Waals surface area contributed by atoms with E-state index in [1.807, 2.05) is 41.2 Å². The van der Waals surface area contributed by atoms with Crippen LogP contribution in [-0.4, -0.2) is 44.8 Å². The molecule has 208 valence electrons. The Labute approximate surface area is 241 Å². The molecule has 12 heteroatoms. The van der Waals surface area contributed by atoms with Crippen LogP contribution in [-0.2, 0) is 11.3 Å². The Morgan fingerprint density at radius 1 is 1.10 bits per heavy atom. The minimum absolute atomic E-state index is 0.264. The van der Waals surface area contributed by atoms with Crippen LogP contribution in [0.3, 0.4) is 0 Å². The maximum Gasteiger partial charge on any atom is 0.335 e. The molecule has 0 spiro atoms. The number of carbonyl (C=O) groups is 2. The van der Waals surface area contributed by atoms with Gasteiger partial charge in [-0.3, -0.25) is 14.4 Å². The van der Waals surface area contributed by atoms with Crippen molar-refractivity contribution < 1.29 is 9.59 Å². The summed E-state index contributed by atoms with van der Waals surface area (Å²) >= 11 is 6.48. The standard InChI is InChI=1S/C29H28ClN9O2/c1-2-25(40)33-20-7-6-10-23(15-20)39-27-19(17-37(29(39)41)21-8-4-3-5-9-21)16-32-28(35-27)34-24-18-38(36-26(24)30)22-11-13-31-14-12-22/h2-10,15-16,18,22,31H,1,11-14,17H2,(H,33,40)(H,32,34,35). The maximum absolute atomic E-state index is 14.0. The van der Waals surface area contributed by atoms with Gasteiger partial charge in [-0.25, -0.2) is 14.7 Å². The summed E-state index contributed by atoms with van der Waals surface area (Å²) in [7, 11) is 0. The van der Waals surface area contributed by atoms with Gasteiger partial charge in [0, 0.05) is 23.1 Å². The monoisotopic (exact) mass is 569 g/mol. The molecule has 6 rings (SSSR count). The van der Waals surface area contributed by atoms with E-state index in [0.29, 0.717) is 28.0 Å². The van der Waals surface area contributed by atoms with Crippen molar-refractivity contribution in [1.29, 1.82) is 0 Å². The first kappa shape index (κ1) is 26.5. The van der Waals surface area contributed by atoms with Crippen LogP contribution in [0.15, 0.2) is 79.6 Å². The van der Waals surface area contributed by atoms with Gasteiger partial charge in [-0.2, -0.15) is 10.1 Å². The van der Waals surface area contributed by atoms with E-state index in [0.717, 1.165) is 37.2 Å². The lowest BCUT2D eigenvalue weighted by atomic mass is 10.1. The molecule has 0 aliphatic carbocycles. The van der Waals surface area contributed by atoms with Gasteiger partial charge in [0.1, 0.15) is 0 Å². The Kier molecular flexibility index (Phi) is 7.36. The van der Waals surface area contributed by atoms with Crippen LogP contribution in [0, 0.1) is 0 Å². The van der Waals surface area contributed by atoms with E-state index >= 15 is 0 Å². The predicted octanol–water partition coefficient (Wildman–Crippen LogP) is 5.40. The predicted molar refractivity (Wildman–Crippen MR) is 159 cm³/mol. The molecule has 1 fully saturated rings. The van der Waals surface area contributed by atoms with Crippen molar-refractivity contribution in [1.82, 2.24) is 25.1 Å². The molecule has 0 atom stereocenters. The highest BCUT2D eigenvalue weighted by atomic mass is 35.5. The van der Waals surface area contributed by atoms with E-state index in [4.69, 9.17) is 16.6 Å². The van der Waals surface area contributed by atoms with Crippen molar-refractivity contribution >= 4 is 58.1 Å². The zero-order chi connectivity index (χ0) is 28.3. The molecule has 0 radical (unpaired) electrons. The molecule has 2 aromatic heterocycles. The van der Waals surface area contributed by atoms with Crippen LogP contribution in [0.1, 0.15) is 24.4 Å². The second-order valence-electron chi connectivity index (χ2n) is 9.75. The molecule has 1 saturated heterocycles. The Hall–Kier alpha value is -4.74. The van der Waals surface area contributed by atoms with Crippen LogP contribution in [0.4, 0.5) is 39.3 Å². The van der Waals surface area contributed by atoms with Crippen molar-refractivity contribution in [2.45, 2.75) is 25.4 Å². The lowest BCUT2D eigenvalue weighted by Gasteiger charge is -2.36. The van der Waals surface area contributed by atoms with E-state index < -0.39 is 0 Å². The quantitative estimate of drug-likeness (QED) is 0.255. The number of urea groups is 1. The number of anilines is 6. The summed E-state index contributed by atoms with van der Waals surface area (Å²) in [4.78, 5) is 38.4. The highest BCUT2D eigenvalue weighted by Gasteiger charge is 2.34. The zero-order valence-corrected chi connectivity index (χ0v) is 22.9. The number of piperidine rings is 1. The van der Waals surface area contributed by atoms with Crippen LogP contribution in [0.2, 0.25) is 5.15 Å². The molecule has 0 unspecified atom stereocenters. The summed E-state index contributed by atoms with van der Waals surface area (Å²) in [6, 6.07) is 16.4. The largest absolute Gasteiger partial charge is 0.335 e. The van der Waals surface area contributed by atoms with Crippen LogP contribution in [0.5, 0.6) is 0 Å². The number of halogens is 1. The van der Waals surface area contributed by atoms with E-state index in [9.17, 15) is 9.59 Å². The van der Waals surface area contributed by atoms with Gasteiger partial charge in [0.15, 0.2) is 11.0 Å². The molecule has 41 heavy (non-hydrogen) atoms. The number of carbonyl (C=O) groups excluding carboxylic acids is 2. The average Bonchev–Trinajstić information content (AvgIpc) is 3.37. The summed E-state index contributed by atoms with van der Waals surface area (Å²) in [5, 5.41) is 14.1. The number of hydrogen-bond donors (Lipinski definition) is 3. The lowest BCUT2D eigenvalue weighted by Crippen LogP contribution is -2.45. The minimum atomic E-state index is -0.353. The van der Waals surface area contributed by atoms with Gasteiger partial charge in [0.05, 0.1) is 30.2 Å². The third-order valence-corrected chi connectivity index (χ3v) is 7.32. The van der Waals surface area contributed by atoms with Gasteiger partial charge in [-0.15, -0.1) is 0 Å². The normalized spacial score (nSPS) is 15.4. The smallest absolute Gasteiger partial charge is 0.322 e. The number of nitrogens with zero attached hydrogens (tertiary/aromatic N) is 6. The molecule has 0 saturated carbocycles. The molecular formula is C29H28ClN9O2. The molecule has 3 N–H and O–H groups in total. The molecule has 3 amide bonds. The summed E-state index contributed by atoms with van der Waals surface area (Å²) in [6.45, 7) is 5.66. The summed E-state index contributed by atoms with van der Waals surface area (Å²) in [5.74, 6) is 0.348. The summed E-state index contributed by atoms with van der Waals surface area (Å²) in [5.41, 5.74) is 3.11. The van der Waals surface area contributed by atoms with E-state index in [1.54, 1.807) is 35.4 Å². The van der Waals surface area contributed by atoms with E-state index in [2.05, 4.69) is 32.6 Å². The number of fused-ring (bicyclic) bond motifs is 1. The summed E-state index contributed by atoms with van der Waals surface area (Å²) in [6.07, 6.45) is 6.69. The third-order valence-electron chi connectivity index (χ3n) is 7.05.